The molecule has 4 N–H and O–H groups in total. The number of sulfonamides is 1. The highest BCUT2D eigenvalue weighted by Gasteiger charge is 2.24. The molecule has 0 spiro atoms. The summed E-state index contributed by atoms with van der Waals surface area (Å²) in [7, 11) is -3.59. The van der Waals surface area contributed by atoms with Gasteiger partial charge in [-0.1, -0.05) is 13.0 Å². The highest BCUT2D eigenvalue weighted by molar-refractivity contribution is 7.89. The molecule has 2 aromatic heterocycles. The number of rotatable bonds is 8. The number of phenols is 1. The summed E-state index contributed by atoms with van der Waals surface area (Å²) >= 11 is 0. The fourth-order valence-electron chi connectivity index (χ4n) is 5.74. The van der Waals surface area contributed by atoms with E-state index in [0.29, 0.717) is 18.0 Å². The number of nitrogens with zero attached hydrogens (tertiary/aromatic N) is 4. The number of benzene rings is 2. The van der Waals surface area contributed by atoms with Gasteiger partial charge in [-0.3, -0.25) is 9.89 Å². The molecular weight excluding hydrogens is 556 g/mol. The van der Waals surface area contributed by atoms with Gasteiger partial charge in [0.2, 0.25) is 10.0 Å². The number of anilines is 1. The summed E-state index contributed by atoms with van der Waals surface area (Å²) in [6.45, 7) is 6.37. The van der Waals surface area contributed by atoms with Gasteiger partial charge in [0.1, 0.15) is 11.6 Å². The van der Waals surface area contributed by atoms with Crippen LogP contribution in [0.2, 0.25) is 0 Å². The van der Waals surface area contributed by atoms with Gasteiger partial charge in [-0.25, -0.2) is 18.1 Å². The molecule has 0 radical (unpaired) electrons. The highest BCUT2D eigenvalue weighted by atomic mass is 32.2. The Labute approximate surface area is 245 Å². The number of carboxylic acid groups (broad SMARTS) is 1. The van der Waals surface area contributed by atoms with Crippen molar-refractivity contribution in [3.63, 3.8) is 0 Å². The second kappa shape index (κ2) is 12.9. The highest BCUT2D eigenvalue weighted by Crippen LogP contribution is 2.34. The van der Waals surface area contributed by atoms with Crippen LogP contribution in [0.5, 0.6) is 5.75 Å². The van der Waals surface area contributed by atoms with Gasteiger partial charge in [-0.05, 0) is 91.9 Å². The standard InChI is InChI=1S/C29H34N6O3S.CH2O2/c1-2-20-15-23(36)6-8-25(20)27-17-28-26(18-30-33-28)29(32-27)35-13-9-21-5-7-24(16-22(21)19-35)39(37,38)31-10-14-34-11-3-4-12-34;2-1-3/h5-8,15-18,31,36H,2-4,9-14,19H2,1H3,(H,30,33);1H,(H,2,3). The number of aromatic nitrogens is 3. The zero-order valence-corrected chi connectivity index (χ0v) is 24.4. The molecule has 4 aromatic rings. The minimum atomic E-state index is -3.59. The van der Waals surface area contributed by atoms with Gasteiger partial charge in [0.05, 0.1) is 27.7 Å². The number of hydrogen-bond acceptors (Lipinski definition) is 8. The van der Waals surface area contributed by atoms with E-state index in [1.54, 1.807) is 24.4 Å². The molecule has 2 aliphatic rings. The first-order valence-corrected chi connectivity index (χ1v) is 15.6. The number of nitrogens with one attached hydrogen (secondary N) is 2. The molecule has 6 rings (SSSR count). The van der Waals surface area contributed by atoms with Gasteiger partial charge in [0, 0.05) is 31.7 Å². The van der Waals surface area contributed by atoms with Crippen molar-refractivity contribution in [2.24, 2.45) is 0 Å². The predicted octanol–water partition coefficient (Wildman–Crippen LogP) is 3.53. The Morgan fingerprint density at radius 2 is 1.86 bits per heavy atom. The first-order valence-electron chi connectivity index (χ1n) is 14.2. The number of hydrogen-bond donors (Lipinski definition) is 4. The molecule has 2 aliphatic heterocycles. The third-order valence-corrected chi connectivity index (χ3v) is 9.34. The summed E-state index contributed by atoms with van der Waals surface area (Å²) in [5.41, 5.74) is 5.83. The number of phenolic OH excluding ortho intramolecular Hbond substituents is 1. The summed E-state index contributed by atoms with van der Waals surface area (Å²) in [5.74, 6) is 1.05. The predicted molar refractivity (Wildman–Crippen MR) is 161 cm³/mol. The molecule has 1 saturated heterocycles. The van der Waals surface area contributed by atoms with Crippen molar-refractivity contribution in [2.75, 3.05) is 37.6 Å². The molecule has 1 fully saturated rings. The van der Waals surface area contributed by atoms with Crippen molar-refractivity contribution in [3.8, 4) is 17.0 Å². The lowest BCUT2D eigenvalue weighted by Gasteiger charge is -2.31. The number of likely N-dealkylation sites (tertiary alicyclic amines) is 1. The van der Waals surface area contributed by atoms with Gasteiger partial charge in [-0.15, -0.1) is 0 Å². The minimum Gasteiger partial charge on any atom is -0.508 e. The first kappa shape index (κ1) is 29.5. The van der Waals surface area contributed by atoms with Crippen molar-refractivity contribution in [1.29, 1.82) is 0 Å². The van der Waals surface area contributed by atoms with E-state index in [1.807, 2.05) is 24.3 Å². The molecule has 0 unspecified atom stereocenters. The normalized spacial score (nSPS) is 15.3. The summed E-state index contributed by atoms with van der Waals surface area (Å²) in [5, 5.41) is 25.2. The molecule has 11 nitrogen and oxygen atoms in total. The molecule has 12 heteroatoms. The van der Waals surface area contributed by atoms with Crippen LogP contribution in [0.3, 0.4) is 0 Å². The molecule has 0 saturated carbocycles. The van der Waals surface area contributed by atoms with Gasteiger partial charge in [-0.2, -0.15) is 5.10 Å². The van der Waals surface area contributed by atoms with E-state index in [4.69, 9.17) is 14.9 Å². The minimum absolute atomic E-state index is 0.238. The summed E-state index contributed by atoms with van der Waals surface area (Å²) in [4.78, 5) is 18.2. The zero-order chi connectivity index (χ0) is 29.7. The maximum absolute atomic E-state index is 13.1. The number of fused-ring (bicyclic) bond motifs is 2. The average Bonchev–Trinajstić information content (AvgIpc) is 3.69. The molecular formula is C30H36N6O5S. The zero-order valence-electron chi connectivity index (χ0n) is 23.6. The molecule has 0 amide bonds. The van der Waals surface area contributed by atoms with E-state index in [-0.39, 0.29) is 12.2 Å². The monoisotopic (exact) mass is 592 g/mol. The largest absolute Gasteiger partial charge is 0.508 e. The number of aryl methyl sites for hydroxylation is 1. The Kier molecular flexibility index (Phi) is 9.05. The van der Waals surface area contributed by atoms with Gasteiger partial charge in [0.15, 0.2) is 0 Å². The number of carbonyl (C=O) groups is 1. The van der Waals surface area contributed by atoms with Crippen LogP contribution in [-0.2, 0) is 34.2 Å². The van der Waals surface area contributed by atoms with Crippen LogP contribution in [0.15, 0.2) is 53.6 Å². The van der Waals surface area contributed by atoms with E-state index in [0.717, 1.165) is 83.7 Å². The number of aromatic amines is 1. The van der Waals surface area contributed by atoms with Gasteiger partial charge in [0.25, 0.3) is 6.47 Å². The second-order valence-corrected chi connectivity index (χ2v) is 12.3. The third kappa shape index (κ3) is 6.40. The molecule has 4 heterocycles. The maximum atomic E-state index is 13.1. The third-order valence-electron chi connectivity index (χ3n) is 7.88. The van der Waals surface area contributed by atoms with Crippen molar-refractivity contribution >= 4 is 33.2 Å². The smallest absolute Gasteiger partial charge is 0.290 e. The Morgan fingerprint density at radius 3 is 2.62 bits per heavy atom. The molecule has 222 valence electrons. The van der Waals surface area contributed by atoms with E-state index in [9.17, 15) is 13.5 Å². The van der Waals surface area contributed by atoms with Crippen LogP contribution in [0.25, 0.3) is 22.2 Å². The fraction of sp³-hybridized carbons (Fsp3) is 0.367. The lowest BCUT2D eigenvalue weighted by atomic mass is 9.99. The topological polar surface area (TPSA) is 152 Å². The molecule has 42 heavy (non-hydrogen) atoms. The number of pyridine rings is 1. The van der Waals surface area contributed by atoms with Crippen LogP contribution in [0, 0.1) is 0 Å². The van der Waals surface area contributed by atoms with Crippen molar-refractivity contribution in [1.82, 2.24) is 24.8 Å². The van der Waals surface area contributed by atoms with Crippen LogP contribution in [0.1, 0.15) is 36.5 Å². The summed E-state index contributed by atoms with van der Waals surface area (Å²) < 4.78 is 29.0. The van der Waals surface area contributed by atoms with Gasteiger partial charge < -0.3 is 20.0 Å². The Hall–Kier alpha value is -4.00. The van der Waals surface area contributed by atoms with Crippen molar-refractivity contribution in [3.05, 3.63) is 65.4 Å². The summed E-state index contributed by atoms with van der Waals surface area (Å²) in [6.07, 6.45) is 5.72. The quantitative estimate of drug-likeness (QED) is 0.225. The Morgan fingerprint density at radius 1 is 1.07 bits per heavy atom. The van der Waals surface area contributed by atoms with Crippen LogP contribution < -0.4 is 9.62 Å². The van der Waals surface area contributed by atoms with E-state index < -0.39 is 10.0 Å². The molecule has 0 aliphatic carbocycles. The first-order chi connectivity index (χ1) is 20.3. The van der Waals surface area contributed by atoms with E-state index >= 15 is 0 Å². The lowest BCUT2D eigenvalue weighted by molar-refractivity contribution is -0.122. The van der Waals surface area contributed by atoms with Crippen molar-refractivity contribution < 1.29 is 23.4 Å². The van der Waals surface area contributed by atoms with Crippen LogP contribution in [0.4, 0.5) is 5.82 Å². The molecule has 0 atom stereocenters. The van der Waals surface area contributed by atoms with E-state index in [2.05, 4.69) is 31.6 Å². The van der Waals surface area contributed by atoms with E-state index in [1.165, 1.54) is 12.8 Å². The Balaban J connectivity index is 0.00000113. The fourth-order valence-corrected chi connectivity index (χ4v) is 6.81. The second-order valence-electron chi connectivity index (χ2n) is 10.5. The molecule has 2 aromatic carbocycles. The van der Waals surface area contributed by atoms with Crippen LogP contribution in [-0.4, -0.2) is 77.9 Å². The SMILES string of the molecule is CCc1cc(O)ccc1-c1cc2[nH]ncc2c(N2CCc3ccc(S(=O)(=O)NCCN4CCCC4)cc3C2)n1.O=CO. The lowest BCUT2D eigenvalue weighted by Crippen LogP contribution is -2.34. The summed E-state index contributed by atoms with van der Waals surface area (Å²) in [6, 6.07) is 12.8. The molecule has 0 bridgehead atoms. The Bertz CT molecular complexity index is 1670. The number of aromatic hydroxyl groups is 1. The van der Waals surface area contributed by atoms with Crippen LogP contribution >= 0.6 is 0 Å². The maximum Gasteiger partial charge on any atom is 0.290 e. The van der Waals surface area contributed by atoms with Crippen molar-refractivity contribution in [2.45, 2.75) is 44.0 Å². The average molecular weight is 593 g/mol. The number of H-pyrrole nitrogens is 1. The van der Waals surface area contributed by atoms with Gasteiger partial charge >= 0.3 is 0 Å².